The van der Waals surface area contributed by atoms with Crippen molar-refractivity contribution in [3.8, 4) is 11.5 Å². The molecule has 0 amide bonds. The molecule has 1 aliphatic heterocycles. The summed E-state index contributed by atoms with van der Waals surface area (Å²) in [5.41, 5.74) is 1.19. The van der Waals surface area contributed by atoms with E-state index in [9.17, 15) is 5.11 Å². The first-order chi connectivity index (χ1) is 6.81. The molecule has 0 aliphatic carbocycles. The SMILES string of the molecule is CCOc1cc([C@H]2CCN2)ccc1O. The van der Waals surface area contributed by atoms with Crippen LogP contribution in [0.3, 0.4) is 0 Å². The summed E-state index contributed by atoms with van der Waals surface area (Å²) in [6.45, 7) is 3.57. The average Bonchev–Trinajstić information content (AvgIpc) is 2.08. The van der Waals surface area contributed by atoms with Crippen LogP contribution in [0.4, 0.5) is 0 Å². The van der Waals surface area contributed by atoms with Gasteiger partial charge in [0.2, 0.25) is 0 Å². The minimum atomic E-state index is 0.218. The molecule has 14 heavy (non-hydrogen) atoms. The average molecular weight is 193 g/mol. The minimum absolute atomic E-state index is 0.218. The second-order valence-corrected chi connectivity index (χ2v) is 3.46. The molecule has 0 spiro atoms. The van der Waals surface area contributed by atoms with E-state index in [2.05, 4.69) is 5.32 Å². The van der Waals surface area contributed by atoms with E-state index in [0.717, 1.165) is 13.0 Å². The number of phenolic OH excluding ortho intramolecular Hbond substituents is 1. The van der Waals surface area contributed by atoms with E-state index in [1.54, 1.807) is 6.07 Å². The van der Waals surface area contributed by atoms with Crippen molar-refractivity contribution in [2.45, 2.75) is 19.4 Å². The zero-order chi connectivity index (χ0) is 9.97. The summed E-state index contributed by atoms with van der Waals surface area (Å²) in [5, 5.41) is 12.8. The highest BCUT2D eigenvalue weighted by atomic mass is 16.5. The molecular formula is C11H15NO2. The number of phenols is 1. The third-order valence-corrected chi connectivity index (χ3v) is 2.51. The first-order valence-electron chi connectivity index (χ1n) is 5.00. The monoisotopic (exact) mass is 193 g/mol. The van der Waals surface area contributed by atoms with Crippen LogP contribution in [0.1, 0.15) is 24.9 Å². The molecule has 1 heterocycles. The Kier molecular flexibility index (Phi) is 2.59. The highest BCUT2D eigenvalue weighted by Crippen LogP contribution is 2.32. The fourth-order valence-corrected chi connectivity index (χ4v) is 1.59. The molecule has 3 heteroatoms. The van der Waals surface area contributed by atoms with Gasteiger partial charge in [-0.15, -0.1) is 0 Å². The van der Waals surface area contributed by atoms with Gasteiger partial charge in [0.05, 0.1) is 6.61 Å². The smallest absolute Gasteiger partial charge is 0.161 e. The standard InChI is InChI=1S/C11H15NO2/c1-2-14-11-7-8(3-4-10(11)13)9-5-6-12-9/h3-4,7,9,12-13H,2,5-6H2,1H3/t9-/m1/s1. The molecule has 1 aromatic rings. The van der Waals surface area contributed by atoms with Crippen LogP contribution in [-0.4, -0.2) is 18.3 Å². The van der Waals surface area contributed by atoms with Gasteiger partial charge < -0.3 is 15.2 Å². The molecule has 0 saturated carbocycles. The van der Waals surface area contributed by atoms with E-state index in [1.807, 2.05) is 19.1 Å². The number of hydrogen-bond acceptors (Lipinski definition) is 3. The van der Waals surface area contributed by atoms with E-state index in [1.165, 1.54) is 5.56 Å². The molecule has 1 fully saturated rings. The van der Waals surface area contributed by atoms with Gasteiger partial charge >= 0.3 is 0 Å². The molecule has 0 bridgehead atoms. The van der Waals surface area contributed by atoms with E-state index < -0.39 is 0 Å². The number of aromatic hydroxyl groups is 1. The molecule has 1 saturated heterocycles. The Labute approximate surface area is 83.7 Å². The molecule has 2 rings (SSSR count). The maximum absolute atomic E-state index is 9.49. The summed E-state index contributed by atoms with van der Waals surface area (Å²) in [6.07, 6.45) is 1.16. The molecule has 3 nitrogen and oxygen atoms in total. The first-order valence-corrected chi connectivity index (χ1v) is 5.00. The summed E-state index contributed by atoms with van der Waals surface area (Å²) in [5.74, 6) is 0.800. The predicted molar refractivity (Wildman–Crippen MR) is 54.6 cm³/mol. The van der Waals surface area contributed by atoms with Crippen molar-refractivity contribution >= 4 is 0 Å². The first kappa shape index (κ1) is 9.34. The lowest BCUT2D eigenvalue weighted by atomic mass is 9.98. The van der Waals surface area contributed by atoms with E-state index >= 15 is 0 Å². The van der Waals surface area contributed by atoms with Crippen molar-refractivity contribution in [2.75, 3.05) is 13.2 Å². The molecule has 76 valence electrons. The van der Waals surface area contributed by atoms with Crippen LogP contribution in [-0.2, 0) is 0 Å². The van der Waals surface area contributed by atoms with Crippen LogP contribution in [0, 0.1) is 0 Å². The maximum atomic E-state index is 9.49. The molecule has 1 aromatic carbocycles. The van der Waals surface area contributed by atoms with Crippen LogP contribution in [0.2, 0.25) is 0 Å². The van der Waals surface area contributed by atoms with Gasteiger partial charge in [0.25, 0.3) is 0 Å². The van der Waals surface area contributed by atoms with Gasteiger partial charge in [-0.2, -0.15) is 0 Å². The second kappa shape index (κ2) is 3.88. The van der Waals surface area contributed by atoms with Gasteiger partial charge in [-0.1, -0.05) is 6.07 Å². The zero-order valence-electron chi connectivity index (χ0n) is 8.29. The van der Waals surface area contributed by atoms with Crippen LogP contribution in [0.15, 0.2) is 18.2 Å². The van der Waals surface area contributed by atoms with Gasteiger partial charge in [0, 0.05) is 6.04 Å². The van der Waals surface area contributed by atoms with E-state index in [4.69, 9.17) is 4.74 Å². The van der Waals surface area contributed by atoms with Crippen LogP contribution >= 0.6 is 0 Å². The molecular weight excluding hydrogens is 178 g/mol. The fraction of sp³-hybridized carbons (Fsp3) is 0.455. The Morgan fingerprint density at radius 2 is 2.36 bits per heavy atom. The van der Waals surface area contributed by atoms with Gasteiger partial charge in [-0.25, -0.2) is 0 Å². The van der Waals surface area contributed by atoms with E-state index in [-0.39, 0.29) is 5.75 Å². The van der Waals surface area contributed by atoms with Gasteiger partial charge in [0.15, 0.2) is 11.5 Å². The number of hydrogen-bond donors (Lipinski definition) is 2. The summed E-state index contributed by atoms with van der Waals surface area (Å²) in [6, 6.07) is 5.99. The lowest BCUT2D eigenvalue weighted by Gasteiger charge is -2.28. The Morgan fingerprint density at radius 1 is 1.57 bits per heavy atom. The normalized spacial score (nSPS) is 20.2. The number of ether oxygens (including phenoxy) is 1. The van der Waals surface area contributed by atoms with Crippen molar-refractivity contribution in [1.82, 2.24) is 5.32 Å². The summed E-state index contributed by atoms with van der Waals surface area (Å²) in [7, 11) is 0. The highest BCUT2D eigenvalue weighted by molar-refractivity contribution is 5.43. The van der Waals surface area contributed by atoms with Crippen molar-refractivity contribution in [3.05, 3.63) is 23.8 Å². The van der Waals surface area contributed by atoms with Crippen molar-refractivity contribution in [2.24, 2.45) is 0 Å². The summed E-state index contributed by atoms with van der Waals surface area (Å²) < 4.78 is 5.32. The summed E-state index contributed by atoms with van der Waals surface area (Å²) >= 11 is 0. The minimum Gasteiger partial charge on any atom is -0.504 e. The summed E-state index contributed by atoms with van der Waals surface area (Å²) in [4.78, 5) is 0. The highest BCUT2D eigenvalue weighted by Gasteiger charge is 2.19. The second-order valence-electron chi connectivity index (χ2n) is 3.46. The molecule has 0 radical (unpaired) electrons. The molecule has 0 aromatic heterocycles. The predicted octanol–water partition coefficient (Wildman–Crippen LogP) is 1.83. The molecule has 1 atom stereocenters. The molecule has 2 N–H and O–H groups in total. The Morgan fingerprint density at radius 3 is 2.93 bits per heavy atom. The number of benzene rings is 1. The van der Waals surface area contributed by atoms with Gasteiger partial charge in [0.1, 0.15) is 0 Å². The van der Waals surface area contributed by atoms with Crippen LogP contribution < -0.4 is 10.1 Å². The lowest BCUT2D eigenvalue weighted by molar-refractivity contribution is 0.315. The third kappa shape index (κ3) is 1.68. The lowest BCUT2D eigenvalue weighted by Crippen LogP contribution is -2.34. The van der Waals surface area contributed by atoms with Crippen molar-refractivity contribution < 1.29 is 9.84 Å². The number of nitrogens with one attached hydrogen (secondary N) is 1. The van der Waals surface area contributed by atoms with Crippen molar-refractivity contribution in [3.63, 3.8) is 0 Å². The fourth-order valence-electron chi connectivity index (χ4n) is 1.59. The zero-order valence-corrected chi connectivity index (χ0v) is 8.29. The topological polar surface area (TPSA) is 41.5 Å². The van der Waals surface area contributed by atoms with E-state index in [0.29, 0.717) is 18.4 Å². The largest absolute Gasteiger partial charge is 0.504 e. The number of rotatable bonds is 3. The van der Waals surface area contributed by atoms with Crippen LogP contribution in [0.5, 0.6) is 11.5 Å². The molecule has 0 unspecified atom stereocenters. The maximum Gasteiger partial charge on any atom is 0.161 e. The Bertz CT molecular complexity index is 321. The van der Waals surface area contributed by atoms with Crippen LogP contribution in [0.25, 0.3) is 0 Å². The Hall–Kier alpha value is -1.22. The van der Waals surface area contributed by atoms with Crippen molar-refractivity contribution in [1.29, 1.82) is 0 Å². The molecule has 1 aliphatic rings. The quantitative estimate of drug-likeness (QED) is 0.769. The Balaban J connectivity index is 2.21. The van der Waals surface area contributed by atoms with Gasteiger partial charge in [-0.05, 0) is 37.6 Å². The van der Waals surface area contributed by atoms with Gasteiger partial charge in [-0.3, -0.25) is 0 Å². The third-order valence-electron chi connectivity index (χ3n) is 2.51.